The molecule has 4 rings (SSSR count). The molecule has 1 amide bonds. The van der Waals surface area contributed by atoms with Gasteiger partial charge in [0.15, 0.2) is 6.61 Å². The highest BCUT2D eigenvalue weighted by molar-refractivity contribution is 14.1. The van der Waals surface area contributed by atoms with E-state index in [-0.39, 0.29) is 18.6 Å². The van der Waals surface area contributed by atoms with Crippen LogP contribution in [0.4, 0.5) is 5.00 Å². The summed E-state index contributed by atoms with van der Waals surface area (Å²) in [6.07, 6.45) is 11.6. The minimum absolute atomic E-state index is 0.00561. The summed E-state index contributed by atoms with van der Waals surface area (Å²) in [7, 11) is 0. The summed E-state index contributed by atoms with van der Waals surface area (Å²) in [5.74, 6) is 0.160. The van der Waals surface area contributed by atoms with E-state index in [1.54, 1.807) is 24.5 Å². The van der Waals surface area contributed by atoms with Gasteiger partial charge in [0.2, 0.25) is 0 Å². The van der Waals surface area contributed by atoms with Crippen LogP contribution < -0.4 is 10.1 Å². The first kappa shape index (κ1) is 26.6. The standard InChI is InChI=1S/C26H30BrIN2O4S/c1-2-33-22(31)15-34-24-16(12-17(27)13-20(24)28)14-29-26-23(19-10-6-7-11-21(19)35-26)25(32)30-18-8-4-3-5-9-18/h12-14,18H,2-11,15H2,1H3,(H,30,32). The molecule has 2 aliphatic rings. The Morgan fingerprint density at radius 3 is 2.74 bits per heavy atom. The third kappa shape index (κ3) is 6.85. The normalized spacial score (nSPS) is 16.2. The molecular weight excluding hydrogens is 643 g/mol. The SMILES string of the molecule is CCOC(=O)COc1c(I)cc(Br)cc1C=Nc1sc2c(c1C(=O)NC1CCCCC1)CCCC2. The average molecular weight is 673 g/mol. The van der Waals surface area contributed by atoms with Crippen LogP contribution in [0.2, 0.25) is 0 Å². The van der Waals surface area contributed by atoms with Crippen LogP contribution in [0, 0.1) is 3.57 Å². The molecule has 1 heterocycles. The maximum atomic E-state index is 13.4. The molecule has 9 heteroatoms. The molecule has 0 spiro atoms. The summed E-state index contributed by atoms with van der Waals surface area (Å²) < 4.78 is 12.5. The lowest BCUT2D eigenvalue weighted by molar-refractivity contribution is -0.145. The first-order valence-corrected chi connectivity index (χ1v) is 14.9. The van der Waals surface area contributed by atoms with Gasteiger partial charge in [-0.3, -0.25) is 4.79 Å². The predicted octanol–water partition coefficient (Wildman–Crippen LogP) is 6.75. The van der Waals surface area contributed by atoms with Crippen LogP contribution in [-0.2, 0) is 22.4 Å². The van der Waals surface area contributed by atoms with Crippen molar-refractivity contribution in [3.63, 3.8) is 0 Å². The molecule has 35 heavy (non-hydrogen) atoms. The minimum Gasteiger partial charge on any atom is -0.480 e. The number of ether oxygens (including phenoxy) is 2. The lowest BCUT2D eigenvalue weighted by Gasteiger charge is -2.23. The Balaban J connectivity index is 1.63. The number of carbonyl (C=O) groups excluding carboxylic acids is 2. The second kappa shape index (κ2) is 12.7. The van der Waals surface area contributed by atoms with Crippen molar-refractivity contribution < 1.29 is 19.1 Å². The van der Waals surface area contributed by atoms with Gasteiger partial charge in [-0.2, -0.15) is 0 Å². The topological polar surface area (TPSA) is 77.0 Å². The van der Waals surface area contributed by atoms with Crippen molar-refractivity contribution in [2.24, 2.45) is 4.99 Å². The Morgan fingerprint density at radius 1 is 1.20 bits per heavy atom. The zero-order valence-corrected chi connectivity index (χ0v) is 24.4. The van der Waals surface area contributed by atoms with Crippen molar-refractivity contribution in [2.75, 3.05) is 13.2 Å². The molecule has 0 saturated heterocycles. The number of nitrogens with one attached hydrogen (secondary N) is 1. The molecule has 0 atom stereocenters. The van der Waals surface area contributed by atoms with Crippen LogP contribution in [0.5, 0.6) is 5.75 Å². The number of halogens is 2. The maximum absolute atomic E-state index is 13.4. The number of rotatable bonds is 8. The third-order valence-corrected chi connectivity index (χ3v) is 8.78. The molecule has 188 valence electrons. The van der Waals surface area contributed by atoms with Crippen molar-refractivity contribution in [2.45, 2.75) is 70.8 Å². The van der Waals surface area contributed by atoms with Crippen LogP contribution in [0.1, 0.15) is 78.2 Å². The molecule has 1 aromatic carbocycles. The summed E-state index contributed by atoms with van der Waals surface area (Å²) in [6, 6.07) is 4.08. The second-order valence-corrected chi connectivity index (χ2v) is 12.0. The van der Waals surface area contributed by atoms with Crippen molar-refractivity contribution in [3.05, 3.63) is 41.7 Å². The zero-order valence-electron chi connectivity index (χ0n) is 19.8. The molecule has 1 N–H and O–H groups in total. The number of benzene rings is 1. The number of fused-ring (bicyclic) bond motifs is 1. The Labute approximate surface area is 232 Å². The van der Waals surface area contributed by atoms with Gasteiger partial charge in [0.25, 0.3) is 5.91 Å². The van der Waals surface area contributed by atoms with Gasteiger partial charge in [-0.1, -0.05) is 35.2 Å². The Kier molecular flexibility index (Phi) is 9.63. The highest BCUT2D eigenvalue weighted by Crippen LogP contribution is 2.40. The molecule has 0 unspecified atom stereocenters. The Hall–Kier alpha value is -1.46. The average Bonchev–Trinajstić information content (AvgIpc) is 3.21. The fourth-order valence-corrected chi connectivity index (χ4v) is 7.61. The molecule has 1 saturated carbocycles. The van der Waals surface area contributed by atoms with E-state index in [0.29, 0.717) is 12.4 Å². The Bertz CT molecular complexity index is 1110. The number of thiophene rings is 1. The molecule has 6 nitrogen and oxygen atoms in total. The summed E-state index contributed by atoms with van der Waals surface area (Å²) >= 11 is 7.35. The molecule has 0 radical (unpaired) electrons. The van der Waals surface area contributed by atoms with Gasteiger partial charge in [-0.25, -0.2) is 9.79 Å². The van der Waals surface area contributed by atoms with Gasteiger partial charge in [-0.15, -0.1) is 11.3 Å². The molecule has 1 aromatic heterocycles. The van der Waals surface area contributed by atoms with Crippen LogP contribution in [-0.4, -0.2) is 37.3 Å². The predicted molar refractivity (Wildman–Crippen MR) is 152 cm³/mol. The van der Waals surface area contributed by atoms with Crippen molar-refractivity contribution >= 4 is 72.9 Å². The molecular formula is C26H30BrIN2O4S. The largest absolute Gasteiger partial charge is 0.480 e. The van der Waals surface area contributed by atoms with Crippen LogP contribution in [0.3, 0.4) is 0 Å². The quantitative estimate of drug-likeness (QED) is 0.191. The number of nitrogens with zero attached hydrogens (tertiary/aromatic N) is 1. The molecule has 0 aliphatic heterocycles. The third-order valence-electron chi connectivity index (χ3n) is 6.32. The number of hydrogen-bond donors (Lipinski definition) is 1. The van der Waals surface area contributed by atoms with Crippen molar-refractivity contribution in [3.8, 4) is 5.75 Å². The van der Waals surface area contributed by atoms with Gasteiger partial charge >= 0.3 is 5.97 Å². The van der Waals surface area contributed by atoms with E-state index in [1.165, 1.54) is 29.7 Å². The second-order valence-electron chi connectivity index (χ2n) is 8.86. The molecule has 2 aromatic rings. The highest BCUT2D eigenvalue weighted by Gasteiger charge is 2.27. The number of aryl methyl sites for hydroxylation is 1. The van der Waals surface area contributed by atoms with Crippen LogP contribution >= 0.6 is 49.9 Å². The highest BCUT2D eigenvalue weighted by atomic mass is 127. The number of carbonyl (C=O) groups is 2. The van der Waals surface area contributed by atoms with Crippen molar-refractivity contribution in [1.82, 2.24) is 5.32 Å². The number of amides is 1. The van der Waals surface area contributed by atoms with E-state index in [2.05, 4.69) is 43.8 Å². The number of esters is 1. The summed E-state index contributed by atoms with van der Waals surface area (Å²) in [6.45, 7) is 1.90. The summed E-state index contributed by atoms with van der Waals surface area (Å²) in [5.41, 5.74) is 2.65. The maximum Gasteiger partial charge on any atom is 0.344 e. The van der Waals surface area contributed by atoms with E-state index in [1.807, 2.05) is 12.1 Å². The number of aliphatic imine (C=N–C) groups is 1. The fraction of sp³-hybridized carbons (Fsp3) is 0.500. The van der Waals surface area contributed by atoms with Gasteiger partial charge in [0.05, 0.1) is 15.7 Å². The van der Waals surface area contributed by atoms with Gasteiger partial charge in [0, 0.05) is 27.2 Å². The van der Waals surface area contributed by atoms with Crippen molar-refractivity contribution in [1.29, 1.82) is 0 Å². The zero-order chi connectivity index (χ0) is 24.8. The first-order valence-electron chi connectivity index (χ1n) is 12.2. The Morgan fingerprint density at radius 2 is 1.97 bits per heavy atom. The summed E-state index contributed by atoms with van der Waals surface area (Å²) in [5, 5.41) is 4.04. The lowest BCUT2D eigenvalue weighted by Crippen LogP contribution is -2.36. The number of hydrogen-bond acceptors (Lipinski definition) is 6. The van der Waals surface area contributed by atoms with E-state index in [0.717, 1.165) is 62.7 Å². The van der Waals surface area contributed by atoms with E-state index in [9.17, 15) is 9.59 Å². The van der Waals surface area contributed by atoms with E-state index >= 15 is 0 Å². The van der Waals surface area contributed by atoms with E-state index in [4.69, 9.17) is 14.5 Å². The van der Waals surface area contributed by atoms with E-state index < -0.39 is 5.97 Å². The minimum atomic E-state index is -0.415. The van der Waals surface area contributed by atoms with Gasteiger partial charge < -0.3 is 14.8 Å². The smallest absolute Gasteiger partial charge is 0.344 e. The van der Waals surface area contributed by atoms with Crippen LogP contribution in [0.15, 0.2) is 21.6 Å². The molecule has 0 bridgehead atoms. The van der Waals surface area contributed by atoms with Crippen LogP contribution in [0.25, 0.3) is 0 Å². The van der Waals surface area contributed by atoms with Gasteiger partial charge in [0.1, 0.15) is 10.8 Å². The first-order chi connectivity index (χ1) is 17.0. The van der Waals surface area contributed by atoms with Gasteiger partial charge in [-0.05, 0) is 85.7 Å². The molecule has 1 fully saturated rings. The fourth-order valence-electron chi connectivity index (χ4n) is 4.67. The monoisotopic (exact) mass is 672 g/mol. The lowest BCUT2D eigenvalue weighted by atomic mass is 9.93. The summed E-state index contributed by atoms with van der Waals surface area (Å²) in [4.78, 5) is 31.4. The molecule has 2 aliphatic carbocycles.